The topological polar surface area (TPSA) is 34.1 Å². The summed E-state index contributed by atoms with van der Waals surface area (Å²) in [5.74, 6) is 3.86. The molecule has 0 radical (unpaired) electrons. The summed E-state index contributed by atoms with van der Waals surface area (Å²) >= 11 is 0. The van der Waals surface area contributed by atoms with Gasteiger partial charge in [0.2, 0.25) is 8.87 Å². The van der Waals surface area contributed by atoms with Gasteiger partial charge in [0.15, 0.2) is 0 Å². The second-order valence-corrected chi connectivity index (χ2v) is 9.20. The number of fused-ring (bicyclic) bond motifs is 1. The van der Waals surface area contributed by atoms with Gasteiger partial charge < -0.3 is 0 Å². The molecule has 1 heterocycles. The van der Waals surface area contributed by atoms with Gasteiger partial charge in [0.1, 0.15) is 0 Å². The molecule has 2 fully saturated rings. The van der Waals surface area contributed by atoms with Crippen LogP contribution in [0, 0.1) is 23.7 Å². The minimum Gasteiger partial charge on any atom is -0.217 e. The zero-order valence-electron chi connectivity index (χ0n) is 8.77. The van der Waals surface area contributed by atoms with E-state index in [0.29, 0.717) is 23.5 Å². The number of hydrogen-bond donors (Lipinski definition) is 0. The predicted molar refractivity (Wildman–Crippen MR) is 60.8 cm³/mol. The van der Waals surface area contributed by atoms with Crippen molar-refractivity contribution in [2.45, 2.75) is 26.7 Å². The lowest BCUT2D eigenvalue weighted by Crippen LogP contribution is -2.37. The van der Waals surface area contributed by atoms with Crippen LogP contribution in [0.5, 0.6) is 0 Å². The van der Waals surface area contributed by atoms with Crippen molar-refractivity contribution in [3.8, 4) is 0 Å². The highest BCUT2D eigenvalue weighted by Gasteiger charge is 2.39. The molecule has 0 amide bonds. The van der Waals surface area contributed by atoms with E-state index < -0.39 is 8.87 Å². The van der Waals surface area contributed by atoms with Crippen LogP contribution in [0.25, 0.3) is 0 Å². The molecule has 1 aliphatic heterocycles. The summed E-state index contributed by atoms with van der Waals surface area (Å²) in [4.78, 5) is 0. The smallest absolute Gasteiger partial charge is 0.201 e. The van der Waals surface area contributed by atoms with Gasteiger partial charge in [-0.15, -0.1) is 0 Å². The van der Waals surface area contributed by atoms with Gasteiger partial charge in [-0.05, 0) is 47.3 Å². The minimum atomic E-state index is -2.78. The highest BCUT2D eigenvalue weighted by atomic mass is 33.1. The molecule has 2 aliphatic rings. The van der Waals surface area contributed by atoms with Crippen LogP contribution in [0.2, 0.25) is 0 Å². The first-order valence-electron chi connectivity index (χ1n) is 5.35. The molecule has 0 N–H and O–H groups in total. The van der Waals surface area contributed by atoms with Gasteiger partial charge in [0.25, 0.3) is 0 Å². The Balaban J connectivity index is 2.09. The second kappa shape index (κ2) is 3.71. The predicted octanol–water partition coefficient (Wildman–Crippen LogP) is 2.36. The van der Waals surface area contributed by atoms with Crippen molar-refractivity contribution < 1.29 is 8.42 Å². The molecular weight excluding hydrogens is 216 g/mol. The van der Waals surface area contributed by atoms with Gasteiger partial charge in [0.05, 0.1) is 5.75 Å². The first-order chi connectivity index (χ1) is 6.48. The molecule has 2 unspecified atom stereocenters. The van der Waals surface area contributed by atoms with E-state index in [0.717, 1.165) is 18.1 Å². The molecule has 4 atom stereocenters. The van der Waals surface area contributed by atoms with E-state index in [1.807, 2.05) is 0 Å². The van der Waals surface area contributed by atoms with Crippen molar-refractivity contribution in [2.75, 3.05) is 11.5 Å². The molecule has 1 aliphatic carbocycles. The molecule has 2 rings (SSSR count). The zero-order chi connectivity index (χ0) is 10.3. The summed E-state index contributed by atoms with van der Waals surface area (Å²) in [6.07, 6.45) is 2.35. The molecule has 0 aromatic rings. The monoisotopic (exact) mass is 234 g/mol. The molecule has 0 spiro atoms. The molecule has 0 bridgehead atoms. The second-order valence-electron chi connectivity index (χ2n) is 4.95. The maximum absolute atomic E-state index is 11.5. The van der Waals surface area contributed by atoms with Gasteiger partial charge in [-0.25, -0.2) is 8.42 Å². The quantitative estimate of drug-likeness (QED) is 0.603. The third kappa shape index (κ3) is 2.11. The molecule has 0 aromatic carbocycles. The Labute approximate surface area is 90.2 Å². The fourth-order valence-corrected chi connectivity index (χ4v) is 6.49. The average molecular weight is 234 g/mol. The summed E-state index contributed by atoms with van der Waals surface area (Å²) in [6, 6.07) is 0. The van der Waals surface area contributed by atoms with Gasteiger partial charge in [-0.2, -0.15) is 0 Å². The lowest BCUT2D eigenvalue weighted by atomic mass is 9.71. The molecule has 4 heteroatoms. The molecule has 2 nitrogen and oxygen atoms in total. The maximum Gasteiger partial charge on any atom is 0.201 e. The molecule has 82 valence electrons. The molecule has 1 saturated heterocycles. The van der Waals surface area contributed by atoms with E-state index in [2.05, 4.69) is 13.8 Å². The van der Waals surface area contributed by atoms with Crippen LogP contribution in [-0.2, 0) is 8.87 Å². The van der Waals surface area contributed by atoms with Crippen LogP contribution in [0.4, 0.5) is 0 Å². The Bertz CT molecular complexity index is 310. The SMILES string of the molecule is C[C@@H]1CC2CSS(=O)(=O)CC2C[C@H]1C. The van der Waals surface area contributed by atoms with Crippen LogP contribution in [0.1, 0.15) is 26.7 Å². The lowest BCUT2D eigenvalue weighted by Gasteiger charge is -2.40. The Kier molecular flexibility index (Phi) is 2.86. The van der Waals surface area contributed by atoms with E-state index in [-0.39, 0.29) is 0 Å². The van der Waals surface area contributed by atoms with E-state index >= 15 is 0 Å². The summed E-state index contributed by atoms with van der Waals surface area (Å²) in [7, 11) is -1.60. The van der Waals surface area contributed by atoms with Crippen LogP contribution in [0.3, 0.4) is 0 Å². The van der Waals surface area contributed by atoms with E-state index in [4.69, 9.17) is 0 Å². The molecular formula is C10H18O2S2. The maximum atomic E-state index is 11.5. The van der Waals surface area contributed by atoms with Crippen molar-refractivity contribution in [1.29, 1.82) is 0 Å². The first-order valence-corrected chi connectivity index (χ1v) is 8.50. The van der Waals surface area contributed by atoms with Crippen molar-refractivity contribution in [1.82, 2.24) is 0 Å². The molecule has 14 heavy (non-hydrogen) atoms. The highest BCUT2D eigenvalue weighted by Crippen LogP contribution is 2.44. The third-order valence-electron chi connectivity index (χ3n) is 3.87. The number of rotatable bonds is 0. The van der Waals surface area contributed by atoms with Crippen LogP contribution in [0.15, 0.2) is 0 Å². The molecule has 1 saturated carbocycles. The van der Waals surface area contributed by atoms with Crippen molar-refractivity contribution in [2.24, 2.45) is 23.7 Å². The van der Waals surface area contributed by atoms with E-state index in [9.17, 15) is 8.42 Å². The fraction of sp³-hybridized carbons (Fsp3) is 1.00. The fourth-order valence-electron chi connectivity index (χ4n) is 2.71. The Hall–Kier alpha value is 0.300. The normalized spacial score (nSPS) is 47.0. The largest absolute Gasteiger partial charge is 0.217 e. The Morgan fingerprint density at radius 3 is 2.29 bits per heavy atom. The first kappa shape index (κ1) is 10.8. The van der Waals surface area contributed by atoms with Gasteiger partial charge in [-0.3, -0.25) is 0 Å². The Morgan fingerprint density at radius 1 is 1.07 bits per heavy atom. The van der Waals surface area contributed by atoms with Gasteiger partial charge in [-0.1, -0.05) is 13.8 Å². The summed E-state index contributed by atoms with van der Waals surface area (Å²) in [5, 5.41) is 0. The summed E-state index contributed by atoms with van der Waals surface area (Å²) < 4.78 is 22.9. The van der Waals surface area contributed by atoms with Gasteiger partial charge >= 0.3 is 0 Å². The van der Waals surface area contributed by atoms with E-state index in [1.54, 1.807) is 0 Å². The molecule has 0 aromatic heterocycles. The van der Waals surface area contributed by atoms with Crippen molar-refractivity contribution in [3.05, 3.63) is 0 Å². The standard InChI is InChI=1S/C10H18O2S2/c1-7-3-9-5-13-14(11,12)6-10(9)4-8(7)2/h7-10H,3-6H2,1-2H3/t7-,8-,9?,10?/m1/s1. The zero-order valence-corrected chi connectivity index (χ0v) is 10.4. The van der Waals surface area contributed by atoms with Crippen molar-refractivity contribution >= 4 is 19.7 Å². The highest BCUT2D eigenvalue weighted by molar-refractivity contribution is 8.72. The number of hydrogen-bond acceptors (Lipinski definition) is 3. The van der Waals surface area contributed by atoms with Crippen LogP contribution in [-0.4, -0.2) is 19.9 Å². The van der Waals surface area contributed by atoms with Gasteiger partial charge in [0, 0.05) is 5.75 Å². The van der Waals surface area contributed by atoms with Crippen molar-refractivity contribution in [3.63, 3.8) is 0 Å². The van der Waals surface area contributed by atoms with Crippen LogP contribution >= 0.6 is 10.8 Å². The average Bonchev–Trinajstić information content (AvgIpc) is 2.07. The lowest BCUT2D eigenvalue weighted by molar-refractivity contribution is 0.160. The minimum absolute atomic E-state index is 0.430. The third-order valence-corrected chi connectivity index (χ3v) is 7.52. The summed E-state index contributed by atoms with van der Waals surface area (Å²) in [6.45, 7) is 4.56. The Morgan fingerprint density at radius 2 is 1.64 bits per heavy atom. The van der Waals surface area contributed by atoms with Crippen LogP contribution < -0.4 is 0 Å². The summed E-state index contributed by atoms with van der Waals surface area (Å²) in [5.41, 5.74) is 0. The van der Waals surface area contributed by atoms with E-state index in [1.165, 1.54) is 17.2 Å².